The summed E-state index contributed by atoms with van der Waals surface area (Å²) in [6.45, 7) is 2.97. The summed E-state index contributed by atoms with van der Waals surface area (Å²) in [5, 5.41) is 4.63. The summed E-state index contributed by atoms with van der Waals surface area (Å²) in [4.78, 5) is 0. The van der Waals surface area contributed by atoms with Crippen molar-refractivity contribution in [3.63, 3.8) is 0 Å². The zero-order chi connectivity index (χ0) is 13.7. The van der Waals surface area contributed by atoms with Gasteiger partial charge in [-0.25, -0.2) is 0 Å². The highest BCUT2D eigenvalue weighted by atomic mass is 15.3. The van der Waals surface area contributed by atoms with Gasteiger partial charge < -0.3 is 5.73 Å². The Hall–Kier alpha value is -0.830. The molecule has 4 aliphatic carbocycles. The van der Waals surface area contributed by atoms with Crippen LogP contribution in [0, 0.1) is 23.7 Å². The highest BCUT2D eigenvalue weighted by Gasteiger charge is 2.48. The van der Waals surface area contributed by atoms with Crippen molar-refractivity contribution < 1.29 is 0 Å². The first-order chi connectivity index (χ1) is 9.74. The predicted molar refractivity (Wildman–Crippen MR) is 80.4 cm³/mol. The molecule has 1 aromatic rings. The van der Waals surface area contributed by atoms with Crippen molar-refractivity contribution in [2.24, 2.45) is 29.4 Å². The molecular formula is C17H27N3. The topological polar surface area (TPSA) is 43.8 Å². The van der Waals surface area contributed by atoms with Gasteiger partial charge in [0.15, 0.2) is 0 Å². The molecule has 5 rings (SSSR count). The maximum Gasteiger partial charge on any atom is 0.0524 e. The fourth-order valence-corrected chi connectivity index (χ4v) is 5.61. The molecule has 0 spiro atoms. The van der Waals surface area contributed by atoms with Crippen LogP contribution in [0.2, 0.25) is 0 Å². The first-order valence-electron chi connectivity index (χ1n) is 8.48. The number of aromatic nitrogens is 2. The smallest absolute Gasteiger partial charge is 0.0524 e. The lowest BCUT2D eigenvalue weighted by Crippen LogP contribution is -2.43. The second-order valence-corrected chi connectivity index (χ2v) is 7.64. The van der Waals surface area contributed by atoms with Crippen molar-refractivity contribution in [3.05, 3.63) is 18.0 Å². The Morgan fingerprint density at radius 1 is 1.20 bits per heavy atom. The van der Waals surface area contributed by atoms with Gasteiger partial charge in [0.1, 0.15) is 0 Å². The second-order valence-electron chi connectivity index (χ2n) is 7.64. The molecule has 2 N–H and O–H groups in total. The average Bonchev–Trinajstić information content (AvgIpc) is 2.87. The number of hydrogen-bond acceptors (Lipinski definition) is 2. The molecule has 0 amide bonds. The second kappa shape index (κ2) is 4.87. The van der Waals surface area contributed by atoms with E-state index in [4.69, 9.17) is 5.73 Å². The Morgan fingerprint density at radius 3 is 2.45 bits per heavy atom. The van der Waals surface area contributed by atoms with Crippen LogP contribution in [0.25, 0.3) is 0 Å². The van der Waals surface area contributed by atoms with Crippen LogP contribution in [0.5, 0.6) is 0 Å². The normalized spacial score (nSPS) is 40.2. The van der Waals surface area contributed by atoms with Crippen LogP contribution in [0.1, 0.15) is 63.0 Å². The lowest BCUT2D eigenvalue weighted by molar-refractivity contribution is -0.00282. The third-order valence-electron chi connectivity index (χ3n) is 6.27. The van der Waals surface area contributed by atoms with Crippen LogP contribution in [0.4, 0.5) is 0 Å². The molecule has 1 heterocycles. The van der Waals surface area contributed by atoms with E-state index in [1.54, 1.807) is 0 Å². The first-order valence-corrected chi connectivity index (χ1v) is 8.48. The van der Waals surface area contributed by atoms with E-state index in [0.29, 0.717) is 6.04 Å². The summed E-state index contributed by atoms with van der Waals surface area (Å²) in [5.74, 6) is 4.82. The van der Waals surface area contributed by atoms with Crippen molar-refractivity contribution in [1.29, 1.82) is 0 Å². The highest BCUT2D eigenvalue weighted by molar-refractivity contribution is 5.19. The van der Waals surface area contributed by atoms with Gasteiger partial charge in [0.25, 0.3) is 0 Å². The van der Waals surface area contributed by atoms with E-state index in [9.17, 15) is 0 Å². The molecule has 3 nitrogen and oxygen atoms in total. The summed E-state index contributed by atoms with van der Waals surface area (Å²) in [6.07, 6.45) is 13.0. The summed E-state index contributed by atoms with van der Waals surface area (Å²) < 4.78 is 2.15. The zero-order valence-corrected chi connectivity index (χ0v) is 12.5. The van der Waals surface area contributed by atoms with Gasteiger partial charge in [-0.3, -0.25) is 4.68 Å². The summed E-state index contributed by atoms with van der Waals surface area (Å²) in [7, 11) is 0. The maximum atomic E-state index is 5.67. The maximum absolute atomic E-state index is 5.67. The Kier molecular flexibility index (Phi) is 3.13. The molecule has 0 radical (unpaired) electrons. The quantitative estimate of drug-likeness (QED) is 0.914. The molecule has 1 unspecified atom stereocenters. The molecule has 4 bridgehead atoms. The third kappa shape index (κ3) is 2.02. The van der Waals surface area contributed by atoms with Crippen LogP contribution in [-0.4, -0.2) is 16.3 Å². The SMILES string of the molecule is CC(CCN)n1cc(C2C3CC4CC(C3)CC2C4)cn1. The van der Waals surface area contributed by atoms with Gasteiger partial charge in [-0.15, -0.1) is 0 Å². The van der Waals surface area contributed by atoms with Crippen molar-refractivity contribution in [3.8, 4) is 0 Å². The molecule has 110 valence electrons. The van der Waals surface area contributed by atoms with Gasteiger partial charge in [-0.1, -0.05) is 0 Å². The minimum atomic E-state index is 0.436. The molecule has 1 aromatic heterocycles. The summed E-state index contributed by atoms with van der Waals surface area (Å²) >= 11 is 0. The molecule has 4 aliphatic rings. The lowest BCUT2D eigenvalue weighted by Gasteiger charge is -2.54. The molecule has 4 fully saturated rings. The van der Waals surface area contributed by atoms with E-state index in [1.807, 2.05) is 0 Å². The molecule has 0 aromatic carbocycles. The van der Waals surface area contributed by atoms with Gasteiger partial charge >= 0.3 is 0 Å². The molecule has 0 saturated heterocycles. The van der Waals surface area contributed by atoms with Gasteiger partial charge in [-0.2, -0.15) is 5.10 Å². The van der Waals surface area contributed by atoms with Crippen LogP contribution < -0.4 is 5.73 Å². The number of nitrogens with zero attached hydrogens (tertiary/aromatic N) is 2. The van der Waals surface area contributed by atoms with E-state index < -0.39 is 0 Å². The Bertz CT molecular complexity index is 450. The van der Waals surface area contributed by atoms with E-state index in [2.05, 4.69) is 29.1 Å². The molecule has 4 saturated carbocycles. The molecule has 20 heavy (non-hydrogen) atoms. The summed E-state index contributed by atoms with van der Waals surface area (Å²) in [6, 6.07) is 0.436. The standard InChI is InChI=1S/C17H27N3/c1-11(2-3-18)20-10-16(9-19-20)17-14-5-12-4-13(7-14)8-15(17)6-12/h9-15,17H,2-8,18H2,1H3. The van der Waals surface area contributed by atoms with Crippen molar-refractivity contribution in [2.75, 3.05) is 6.54 Å². The Labute approximate surface area is 121 Å². The highest BCUT2D eigenvalue weighted by Crippen LogP contribution is 2.59. The van der Waals surface area contributed by atoms with Crippen LogP contribution in [0.15, 0.2) is 12.4 Å². The van der Waals surface area contributed by atoms with Crippen LogP contribution in [-0.2, 0) is 0 Å². The fraction of sp³-hybridized carbons (Fsp3) is 0.824. The third-order valence-corrected chi connectivity index (χ3v) is 6.27. The first kappa shape index (κ1) is 12.9. The Morgan fingerprint density at radius 2 is 1.85 bits per heavy atom. The van der Waals surface area contributed by atoms with E-state index >= 15 is 0 Å². The van der Waals surface area contributed by atoms with Gasteiger partial charge in [0, 0.05) is 6.20 Å². The largest absolute Gasteiger partial charge is 0.330 e. The number of rotatable bonds is 4. The number of hydrogen-bond donors (Lipinski definition) is 1. The summed E-state index contributed by atoms with van der Waals surface area (Å²) in [5.41, 5.74) is 7.19. The van der Waals surface area contributed by atoms with Crippen molar-refractivity contribution >= 4 is 0 Å². The van der Waals surface area contributed by atoms with Crippen LogP contribution >= 0.6 is 0 Å². The van der Waals surface area contributed by atoms with E-state index in [-0.39, 0.29) is 0 Å². The number of nitrogens with two attached hydrogens (primary N) is 1. The molecule has 1 atom stereocenters. The van der Waals surface area contributed by atoms with Gasteiger partial charge in [0.2, 0.25) is 0 Å². The molecule has 3 heteroatoms. The molecule has 0 aliphatic heterocycles. The minimum Gasteiger partial charge on any atom is -0.330 e. The minimum absolute atomic E-state index is 0.436. The van der Waals surface area contributed by atoms with E-state index in [1.165, 1.54) is 37.7 Å². The van der Waals surface area contributed by atoms with Crippen molar-refractivity contribution in [2.45, 2.75) is 57.4 Å². The lowest BCUT2D eigenvalue weighted by atomic mass is 9.51. The average molecular weight is 273 g/mol. The predicted octanol–water partition coefficient (Wildman–Crippen LogP) is 3.33. The van der Waals surface area contributed by atoms with E-state index in [0.717, 1.165) is 42.6 Å². The Balaban J connectivity index is 1.56. The van der Waals surface area contributed by atoms with Crippen LogP contribution in [0.3, 0.4) is 0 Å². The van der Waals surface area contributed by atoms with Crippen molar-refractivity contribution in [1.82, 2.24) is 9.78 Å². The van der Waals surface area contributed by atoms with Gasteiger partial charge in [0.05, 0.1) is 12.2 Å². The van der Waals surface area contributed by atoms with Gasteiger partial charge in [-0.05, 0) is 87.1 Å². The zero-order valence-electron chi connectivity index (χ0n) is 12.5. The monoisotopic (exact) mass is 273 g/mol. The molecular weight excluding hydrogens is 246 g/mol. The fourth-order valence-electron chi connectivity index (χ4n) is 5.61.